The third-order valence-electron chi connectivity index (χ3n) is 3.90. The summed E-state index contributed by atoms with van der Waals surface area (Å²) in [4.78, 5) is 25.0. The first-order valence-corrected chi connectivity index (χ1v) is 7.32. The van der Waals surface area contributed by atoms with E-state index >= 15 is 0 Å². The molecule has 0 aliphatic carbocycles. The fourth-order valence-electron chi connectivity index (χ4n) is 2.55. The van der Waals surface area contributed by atoms with E-state index < -0.39 is 0 Å². The normalized spacial score (nSPS) is 11.1. The van der Waals surface area contributed by atoms with Crippen molar-refractivity contribution < 1.29 is 0 Å². The van der Waals surface area contributed by atoms with Crippen molar-refractivity contribution in [2.45, 2.75) is 27.3 Å². The summed E-state index contributed by atoms with van der Waals surface area (Å²) in [5.74, 6) is 0. The molecule has 6 heteroatoms. The second-order valence-electron chi connectivity index (χ2n) is 5.78. The molecule has 0 atom stereocenters. The number of hydrogen-bond donors (Lipinski definition) is 0. The highest BCUT2D eigenvalue weighted by molar-refractivity contribution is 5.47. The molecular weight excluding hydrogens is 292 g/mol. The number of nitrogens with zero attached hydrogens (tertiary/aromatic N) is 4. The number of aryl methyl sites for hydroxylation is 1. The highest BCUT2D eigenvalue weighted by Gasteiger charge is 2.13. The minimum Gasteiger partial charge on any atom is -0.279 e. The Morgan fingerprint density at radius 2 is 1.96 bits per heavy atom. The molecule has 23 heavy (non-hydrogen) atoms. The molecule has 0 aliphatic rings. The summed E-state index contributed by atoms with van der Waals surface area (Å²) in [6.07, 6.45) is 3.17. The van der Waals surface area contributed by atoms with Crippen molar-refractivity contribution in [3.63, 3.8) is 0 Å². The first-order chi connectivity index (χ1) is 10.9. The van der Waals surface area contributed by atoms with Crippen LogP contribution in [-0.4, -0.2) is 18.7 Å². The van der Waals surface area contributed by atoms with Crippen LogP contribution in [0.15, 0.2) is 52.3 Å². The van der Waals surface area contributed by atoms with Gasteiger partial charge >= 0.3 is 11.2 Å². The van der Waals surface area contributed by atoms with Crippen molar-refractivity contribution in [3.8, 4) is 5.69 Å². The van der Waals surface area contributed by atoms with Gasteiger partial charge in [-0.2, -0.15) is 0 Å². The lowest BCUT2D eigenvalue weighted by molar-refractivity contribution is 0.651. The molecule has 0 amide bonds. The number of benzene rings is 1. The van der Waals surface area contributed by atoms with Gasteiger partial charge in [-0.1, -0.05) is 24.3 Å². The van der Waals surface area contributed by atoms with E-state index in [2.05, 4.69) is 11.7 Å². The third kappa shape index (κ3) is 2.42. The minimum atomic E-state index is -0.340. The first kappa shape index (κ1) is 15.0. The predicted molar refractivity (Wildman–Crippen MR) is 89.3 cm³/mol. The zero-order chi connectivity index (χ0) is 16.7. The SMILES string of the molecule is C=C(C)Cn1nc2c(=O)n(-c3cccc(C)c3C)ccn2c1=O. The molecule has 118 valence electrons. The summed E-state index contributed by atoms with van der Waals surface area (Å²) in [6.45, 7) is 9.84. The maximum atomic E-state index is 12.7. The largest absolute Gasteiger partial charge is 0.350 e. The highest BCUT2D eigenvalue weighted by atomic mass is 16.2. The molecule has 1 aromatic carbocycles. The van der Waals surface area contributed by atoms with Crippen molar-refractivity contribution in [1.29, 1.82) is 0 Å². The number of rotatable bonds is 3. The Balaban J connectivity index is 2.28. The minimum absolute atomic E-state index is 0.111. The molecule has 3 aromatic rings. The lowest BCUT2D eigenvalue weighted by atomic mass is 10.1. The van der Waals surface area contributed by atoms with Crippen LogP contribution in [0.1, 0.15) is 18.1 Å². The second-order valence-corrected chi connectivity index (χ2v) is 5.78. The molecule has 0 radical (unpaired) electrons. The third-order valence-corrected chi connectivity index (χ3v) is 3.90. The molecule has 0 saturated heterocycles. The molecule has 0 unspecified atom stereocenters. The van der Waals surface area contributed by atoms with Crippen molar-refractivity contribution in [3.05, 3.63) is 74.7 Å². The van der Waals surface area contributed by atoms with Gasteiger partial charge in [-0.3, -0.25) is 9.36 Å². The molecule has 0 aliphatic heterocycles. The zero-order valence-electron chi connectivity index (χ0n) is 13.4. The Morgan fingerprint density at radius 1 is 1.22 bits per heavy atom. The van der Waals surface area contributed by atoms with Crippen LogP contribution >= 0.6 is 0 Å². The van der Waals surface area contributed by atoms with Crippen LogP contribution in [0.5, 0.6) is 0 Å². The van der Waals surface area contributed by atoms with Gasteiger partial charge in [0.25, 0.3) is 0 Å². The maximum absolute atomic E-state index is 12.7. The standard InChI is InChI=1S/C17H18N4O2/c1-11(2)10-21-17(23)20-9-8-19(16(22)15(20)18-21)14-7-5-6-12(3)13(14)4/h5-9H,1,10H2,2-4H3. The van der Waals surface area contributed by atoms with E-state index in [1.807, 2.05) is 39.0 Å². The fraction of sp³-hybridized carbons (Fsp3) is 0.235. The van der Waals surface area contributed by atoms with Crippen molar-refractivity contribution in [2.75, 3.05) is 0 Å². The summed E-state index contributed by atoms with van der Waals surface area (Å²) in [7, 11) is 0. The van der Waals surface area contributed by atoms with E-state index in [0.29, 0.717) is 6.54 Å². The average Bonchev–Trinajstić information content (AvgIpc) is 2.80. The number of hydrogen-bond acceptors (Lipinski definition) is 3. The molecule has 6 nitrogen and oxygen atoms in total. The first-order valence-electron chi connectivity index (χ1n) is 7.32. The smallest absolute Gasteiger partial charge is 0.279 e. The summed E-state index contributed by atoms with van der Waals surface area (Å²) in [6, 6.07) is 5.78. The van der Waals surface area contributed by atoms with Gasteiger partial charge < -0.3 is 0 Å². The lowest BCUT2D eigenvalue weighted by Crippen LogP contribution is -2.24. The fourth-order valence-corrected chi connectivity index (χ4v) is 2.55. The molecule has 0 N–H and O–H groups in total. The van der Waals surface area contributed by atoms with Gasteiger partial charge in [-0.05, 0) is 38.0 Å². The molecular formula is C17H18N4O2. The van der Waals surface area contributed by atoms with Gasteiger partial charge in [-0.15, -0.1) is 5.10 Å². The van der Waals surface area contributed by atoms with Crippen LogP contribution < -0.4 is 11.2 Å². The van der Waals surface area contributed by atoms with Crippen LogP contribution in [0.3, 0.4) is 0 Å². The number of aromatic nitrogens is 4. The van der Waals surface area contributed by atoms with Gasteiger partial charge in [0.2, 0.25) is 5.65 Å². The molecule has 0 fully saturated rings. The number of fused-ring (bicyclic) bond motifs is 1. The van der Waals surface area contributed by atoms with E-state index in [4.69, 9.17) is 0 Å². The summed E-state index contributed by atoms with van der Waals surface area (Å²) >= 11 is 0. The lowest BCUT2D eigenvalue weighted by Gasteiger charge is -2.10. The Bertz CT molecular complexity index is 1040. The Hall–Kier alpha value is -2.89. The van der Waals surface area contributed by atoms with Crippen LogP contribution in [0, 0.1) is 13.8 Å². The van der Waals surface area contributed by atoms with Gasteiger partial charge in [0.05, 0.1) is 12.2 Å². The van der Waals surface area contributed by atoms with Gasteiger partial charge in [-0.25, -0.2) is 13.9 Å². The molecule has 0 spiro atoms. The monoisotopic (exact) mass is 310 g/mol. The molecule has 2 aromatic heterocycles. The van der Waals surface area contributed by atoms with E-state index in [0.717, 1.165) is 22.4 Å². The average molecular weight is 310 g/mol. The van der Waals surface area contributed by atoms with Crippen molar-refractivity contribution in [2.24, 2.45) is 0 Å². The van der Waals surface area contributed by atoms with Crippen LogP contribution in [0.2, 0.25) is 0 Å². The molecule has 3 rings (SSSR count). The summed E-state index contributed by atoms with van der Waals surface area (Å²) in [5, 5.41) is 4.16. The zero-order valence-corrected chi connectivity index (χ0v) is 13.4. The summed E-state index contributed by atoms with van der Waals surface area (Å²) in [5.41, 5.74) is 3.15. The molecule has 2 heterocycles. The molecule has 0 bridgehead atoms. The Kier molecular flexibility index (Phi) is 3.52. The van der Waals surface area contributed by atoms with E-state index in [-0.39, 0.29) is 16.9 Å². The van der Waals surface area contributed by atoms with Crippen molar-refractivity contribution in [1.82, 2.24) is 18.7 Å². The topological polar surface area (TPSA) is 61.3 Å². The van der Waals surface area contributed by atoms with Crippen molar-refractivity contribution >= 4 is 5.65 Å². The van der Waals surface area contributed by atoms with E-state index in [9.17, 15) is 9.59 Å². The van der Waals surface area contributed by atoms with Gasteiger partial charge in [0.1, 0.15) is 0 Å². The van der Waals surface area contributed by atoms with Crippen LogP contribution in [-0.2, 0) is 6.54 Å². The Labute approximate surface area is 132 Å². The van der Waals surface area contributed by atoms with Crippen LogP contribution in [0.4, 0.5) is 0 Å². The van der Waals surface area contributed by atoms with Gasteiger partial charge in [0, 0.05) is 12.4 Å². The van der Waals surface area contributed by atoms with E-state index in [1.165, 1.54) is 13.6 Å². The second kappa shape index (κ2) is 5.39. The van der Waals surface area contributed by atoms with E-state index in [1.54, 1.807) is 12.4 Å². The predicted octanol–water partition coefficient (Wildman–Crippen LogP) is 1.84. The Morgan fingerprint density at radius 3 is 2.65 bits per heavy atom. The molecule has 0 saturated carbocycles. The number of allylic oxidation sites excluding steroid dienone is 1. The summed E-state index contributed by atoms with van der Waals surface area (Å²) < 4.78 is 4.05. The maximum Gasteiger partial charge on any atom is 0.350 e. The van der Waals surface area contributed by atoms with Gasteiger partial charge in [0.15, 0.2) is 0 Å². The quantitative estimate of drug-likeness (QED) is 0.694. The highest BCUT2D eigenvalue weighted by Crippen LogP contribution is 2.15. The van der Waals surface area contributed by atoms with Crippen LogP contribution in [0.25, 0.3) is 11.3 Å².